The van der Waals surface area contributed by atoms with Crippen molar-refractivity contribution >= 4 is 34.6 Å². The highest BCUT2D eigenvalue weighted by molar-refractivity contribution is 7.13. The third-order valence-corrected chi connectivity index (χ3v) is 6.48. The minimum absolute atomic E-state index is 0.0755. The van der Waals surface area contributed by atoms with Gasteiger partial charge in [0.25, 0.3) is 5.91 Å². The second kappa shape index (κ2) is 8.99. The van der Waals surface area contributed by atoms with Crippen molar-refractivity contribution in [3.8, 4) is 0 Å². The number of hydrogen-bond donors (Lipinski definition) is 2. The molecule has 1 saturated heterocycles. The molecule has 4 rings (SSSR count). The predicted octanol–water partition coefficient (Wildman–Crippen LogP) is 5.05. The third-order valence-electron chi connectivity index (χ3n) is 5.46. The van der Waals surface area contributed by atoms with Crippen molar-refractivity contribution in [3.63, 3.8) is 0 Å². The second-order valence-corrected chi connectivity index (χ2v) is 8.57. The van der Waals surface area contributed by atoms with Gasteiger partial charge in [-0.2, -0.15) is 0 Å². The number of hydrogen-bond acceptors (Lipinski definition) is 5. The van der Waals surface area contributed by atoms with Crippen LogP contribution in [0.1, 0.15) is 44.8 Å². The van der Waals surface area contributed by atoms with Gasteiger partial charge in [0.2, 0.25) is 5.01 Å². The molecule has 1 aliphatic heterocycles. The van der Waals surface area contributed by atoms with Crippen LogP contribution in [0, 0.1) is 25.5 Å². The van der Waals surface area contributed by atoms with Crippen LogP contribution in [-0.4, -0.2) is 33.6 Å². The molecule has 0 unspecified atom stereocenters. The van der Waals surface area contributed by atoms with Crippen LogP contribution >= 0.6 is 11.3 Å². The van der Waals surface area contributed by atoms with E-state index in [1.54, 1.807) is 4.90 Å². The molecule has 0 saturated carbocycles. The summed E-state index contributed by atoms with van der Waals surface area (Å²) in [5, 5.41) is 14.1. The smallest absolute Gasteiger partial charge is 0.320 e. The van der Waals surface area contributed by atoms with E-state index < -0.39 is 17.5 Å². The average molecular weight is 458 g/mol. The number of benzene rings is 2. The molecule has 1 fully saturated rings. The first kappa shape index (κ1) is 21.8. The summed E-state index contributed by atoms with van der Waals surface area (Å²) < 4.78 is 26.4. The number of nitrogens with one attached hydrogen (secondary N) is 2. The summed E-state index contributed by atoms with van der Waals surface area (Å²) in [6, 6.07) is 8.30. The number of aryl methyl sites for hydroxylation is 1. The van der Waals surface area contributed by atoms with Crippen molar-refractivity contribution < 1.29 is 18.4 Å². The summed E-state index contributed by atoms with van der Waals surface area (Å²) in [4.78, 5) is 27.1. The van der Waals surface area contributed by atoms with Gasteiger partial charge in [0, 0.05) is 24.0 Å². The molecule has 7 nitrogen and oxygen atoms in total. The zero-order chi connectivity index (χ0) is 22.8. The SMILES string of the molecule is Cc1cccc(NC(=O)N2CCC[C@@H]2c2nnc(C(=O)Nc3ccc(F)c(F)c3)s2)c1C. The number of rotatable bonds is 4. The summed E-state index contributed by atoms with van der Waals surface area (Å²) in [5.74, 6) is -2.64. The van der Waals surface area contributed by atoms with E-state index in [1.165, 1.54) is 6.07 Å². The molecule has 1 aliphatic rings. The van der Waals surface area contributed by atoms with Gasteiger partial charge in [-0.1, -0.05) is 23.5 Å². The molecule has 32 heavy (non-hydrogen) atoms. The number of anilines is 2. The van der Waals surface area contributed by atoms with Crippen molar-refractivity contribution in [2.45, 2.75) is 32.7 Å². The lowest BCUT2D eigenvalue weighted by Gasteiger charge is -2.23. The van der Waals surface area contributed by atoms with Gasteiger partial charge in [-0.15, -0.1) is 10.2 Å². The van der Waals surface area contributed by atoms with Crippen LogP contribution < -0.4 is 10.6 Å². The van der Waals surface area contributed by atoms with Gasteiger partial charge in [0.1, 0.15) is 5.01 Å². The minimum atomic E-state index is -1.06. The van der Waals surface area contributed by atoms with Crippen LogP contribution in [0.5, 0.6) is 0 Å². The molecule has 2 N–H and O–H groups in total. The van der Waals surface area contributed by atoms with Gasteiger partial charge in [0.05, 0.1) is 6.04 Å². The van der Waals surface area contributed by atoms with E-state index in [0.29, 0.717) is 18.0 Å². The van der Waals surface area contributed by atoms with Gasteiger partial charge < -0.3 is 15.5 Å². The quantitative estimate of drug-likeness (QED) is 0.574. The highest BCUT2D eigenvalue weighted by Gasteiger charge is 2.33. The Morgan fingerprint density at radius 1 is 1.09 bits per heavy atom. The number of carbonyl (C=O) groups excluding carboxylic acids is 2. The molecule has 166 valence electrons. The highest BCUT2D eigenvalue weighted by Crippen LogP contribution is 2.34. The Morgan fingerprint density at radius 3 is 2.69 bits per heavy atom. The number of carbonyl (C=O) groups is 2. The lowest BCUT2D eigenvalue weighted by Crippen LogP contribution is -2.34. The molecule has 1 aromatic heterocycles. The van der Waals surface area contributed by atoms with Gasteiger partial charge in [-0.25, -0.2) is 13.6 Å². The van der Waals surface area contributed by atoms with Gasteiger partial charge in [0.15, 0.2) is 11.6 Å². The molecular weight excluding hydrogens is 436 g/mol. The van der Waals surface area contributed by atoms with Crippen LogP contribution in [0.2, 0.25) is 0 Å². The Balaban J connectivity index is 1.46. The van der Waals surface area contributed by atoms with Gasteiger partial charge in [-0.05, 0) is 56.0 Å². The van der Waals surface area contributed by atoms with E-state index in [9.17, 15) is 18.4 Å². The van der Waals surface area contributed by atoms with Crippen molar-refractivity contribution in [1.82, 2.24) is 15.1 Å². The number of urea groups is 1. The Labute approximate surface area is 187 Å². The van der Waals surface area contributed by atoms with Crippen molar-refractivity contribution in [2.75, 3.05) is 17.2 Å². The van der Waals surface area contributed by atoms with Crippen molar-refractivity contribution in [3.05, 3.63) is 69.2 Å². The summed E-state index contributed by atoms with van der Waals surface area (Å²) >= 11 is 1.07. The lowest BCUT2D eigenvalue weighted by molar-refractivity contribution is 0.102. The molecule has 2 heterocycles. The molecule has 0 aliphatic carbocycles. The molecule has 10 heteroatoms. The summed E-state index contributed by atoms with van der Waals surface area (Å²) in [6.07, 6.45) is 1.51. The van der Waals surface area contributed by atoms with E-state index in [0.717, 1.165) is 46.7 Å². The molecule has 3 amide bonds. The van der Waals surface area contributed by atoms with Gasteiger partial charge in [-0.3, -0.25) is 4.79 Å². The molecule has 3 aromatic rings. The first-order chi connectivity index (χ1) is 15.3. The monoisotopic (exact) mass is 457 g/mol. The van der Waals surface area contributed by atoms with E-state index in [4.69, 9.17) is 0 Å². The first-order valence-corrected chi connectivity index (χ1v) is 10.9. The summed E-state index contributed by atoms with van der Waals surface area (Å²) in [5.41, 5.74) is 2.95. The average Bonchev–Trinajstić information content (AvgIpc) is 3.43. The third kappa shape index (κ3) is 4.45. The maximum absolute atomic E-state index is 13.4. The van der Waals surface area contributed by atoms with E-state index in [-0.39, 0.29) is 22.8 Å². The number of halogens is 2. The predicted molar refractivity (Wildman–Crippen MR) is 118 cm³/mol. The normalized spacial score (nSPS) is 15.6. The highest BCUT2D eigenvalue weighted by atomic mass is 32.1. The number of amides is 3. The van der Waals surface area contributed by atoms with E-state index in [2.05, 4.69) is 20.8 Å². The maximum Gasteiger partial charge on any atom is 0.322 e. The molecular formula is C22H21F2N5O2S. The maximum atomic E-state index is 13.4. The molecule has 2 aromatic carbocycles. The zero-order valence-electron chi connectivity index (χ0n) is 17.5. The fourth-order valence-electron chi connectivity index (χ4n) is 3.56. The first-order valence-electron chi connectivity index (χ1n) is 10.1. The fourth-order valence-corrected chi connectivity index (χ4v) is 4.45. The van der Waals surface area contributed by atoms with Crippen LogP contribution in [0.4, 0.5) is 25.0 Å². The van der Waals surface area contributed by atoms with Crippen LogP contribution in [0.25, 0.3) is 0 Å². The Bertz CT molecular complexity index is 1180. The van der Waals surface area contributed by atoms with Crippen LogP contribution in [0.15, 0.2) is 36.4 Å². The summed E-state index contributed by atoms with van der Waals surface area (Å²) in [7, 11) is 0. The molecule has 0 bridgehead atoms. The van der Waals surface area contributed by atoms with Crippen molar-refractivity contribution in [1.29, 1.82) is 0 Å². The molecule has 0 spiro atoms. The van der Waals surface area contributed by atoms with Crippen LogP contribution in [-0.2, 0) is 0 Å². The van der Waals surface area contributed by atoms with Crippen molar-refractivity contribution in [2.24, 2.45) is 0 Å². The second-order valence-electron chi connectivity index (χ2n) is 7.56. The van der Waals surface area contributed by atoms with E-state index in [1.807, 2.05) is 32.0 Å². The number of nitrogens with zero attached hydrogens (tertiary/aromatic N) is 3. The Hall–Kier alpha value is -3.40. The van der Waals surface area contributed by atoms with E-state index >= 15 is 0 Å². The topological polar surface area (TPSA) is 87.2 Å². The molecule has 1 atom stereocenters. The number of aromatic nitrogens is 2. The largest absolute Gasteiger partial charge is 0.322 e. The Morgan fingerprint density at radius 2 is 1.91 bits per heavy atom. The minimum Gasteiger partial charge on any atom is -0.320 e. The standard InChI is InChI=1S/C22H21F2N5O2S/c1-12-5-3-6-17(13(12)2)26-22(31)29-10-4-7-18(29)20-27-28-21(32-20)19(30)25-14-8-9-15(23)16(24)11-14/h3,5-6,8-9,11,18H,4,7,10H2,1-2H3,(H,25,30)(H,26,31)/t18-/m1/s1. The lowest BCUT2D eigenvalue weighted by atomic mass is 10.1. The van der Waals surface area contributed by atoms with Crippen LogP contribution in [0.3, 0.4) is 0 Å². The summed E-state index contributed by atoms with van der Waals surface area (Å²) in [6.45, 7) is 4.50. The fraction of sp³-hybridized carbons (Fsp3) is 0.273. The molecule has 0 radical (unpaired) electrons. The van der Waals surface area contributed by atoms with Gasteiger partial charge >= 0.3 is 6.03 Å². The Kier molecular flexibility index (Phi) is 6.13. The zero-order valence-corrected chi connectivity index (χ0v) is 18.3. The number of likely N-dealkylation sites (tertiary alicyclic amines) is 1.